The first-order valence-electron chi connectivity index (χ1n) is 8.15. The van der Waals surface area contributed by atoms with Gasteiger partial charge in [-0.05, 0) is 25.1 Å². The molecule has 2 heterocycles. The largest absolute Gasteiger partial charge is 0.450 e. The Kier molecular flexibility index (Phi) is 5.67. The molecule has 3 rings (SSSR count). The number of nitrogens with zero attached hydrogens (tertiary/aromatic N) is 5. The molecule has 0 bridgehead atoms. The molecule has 10 heteroatoms. The maximum Gasteiger partial charge on any atom is 0.409 e. The van der Waals surface area contributed by atoms with E-state index in [1.807, 2.05) is 4.90 Å². The summed E-state index contributed by atoms with van der Waals surface area (Å²) >= 11 is 5.77. The molecule has 1 aromatic heterocycles. The second-order valence-corrected chi connectivity index (χ2v) is 5.97. The molecule has 0 saturated carbocycles. The SMILES string of the molecule is CCOC(=O)N1CCN(c2cnnc(Nc3ccc(F)c(Cl)c3)n2)CC1. The van der Waals surface area contributed by atoms with E-state index in [-0.39, 0.29) is 17.1 Å². The Balaban J connectivity index is 1.64. The van der Waals surface area contributed by atoms with Gasteiger partial charge in [-0.1, -0.05) is 11.6 Å². The van der Waals surface area contributed by atoms with Crippen molar-refractivity contribution in [3.63, 3.8) is 0 Å². The highest BCUT2D eigenvalue weighted by Gasteiger charge is 2.23. The van der Waals surface area contributed by atoms with Crippen molar-refractivity contribution in [2.45, 2.75) is 6.92 Å². The van der Waals surface area contributed by atoms with Gasteiger partial charge in [-0.3, -0.25) is 0 Å². The van der Waals surface area contributed by atoms with Crippen LogP contribution in [0.5, 0.6) is 0 Å². The zero-order chi connectivity index (χ0) is 18.5. The molecule has 0 aliphatic carbocycles. The Labute approximate surface area is 154 Å². The molecule has 1 N–H and O–H groups in total. The monoisotopic (exact) mass is 380 g/mol. The molecule has 8 nitrogen and oxygen atoms in total. The number of ether oxygens (including phenoxy) is 1. The van der Waals surface area contributed by atoms with E-state index in [0.717, 1.165) is 0 Å². The lowest BCUT2D eigenvalue weighted by Gasteiger charge is -2.34. The van der Waals surface area contributed by atoms with Crippen molar-refractivity contribution in [3.05, 3.63) is 35.2 Å². The first-order valence-corrected chi connectivity index (χ1v) is 8.53. The summed E-state index contributed by atoms with van der Waals surface area (Å²) in [7, 11) is 0. The standard InChI is InChI=1S/C16H18ClFN6O2/c1-2-26-16(25)24-7-5-23(6-8-24)14-10-19-22-15(21-14)20-11-3-4-13(18)12(17)9-11/h3-4,9-10H,2,5-8H2,1H3,(H,20,21,22). The van der Waals surface area contributed by atoms with E-state index < -0.39 is 5.82 Å². The number of hydrogen-bond acceptors (Lipinski definition) is 7. The van der Waals surface area contributed by atoms with Crippen LogP contribution in [0.2, 0.25) is 5.02 Å². The van der Waals surface area contributed by atoms with Crippen LogP contribution in [0.15, 0.2) is 24.4 Å². The molecule has 138 valence electrons. The summed E-state index contributed by atoms with van der Waals surface area (Å²) in [5.41, 5.74) is 0.558. The van der Waals surface area contributed by atoms with Crippen LogP contribution in [0, 0.1) is 5.82 Å². The van der Waals surface area contributed by atoms with Crippen molar-refractivity contribution in [1.29, 1.82) is 0 Å². The first kappa shape index (κ1) is 18.1. The van der Waals surface area contributed by atoms with Crippen LogP contribution in [0.1, 0.15) is 6.92 Å². The van der Waals surface area contributed by atoms with Gasteiger partial charge in [0.1, 0.15) is 5.82 Å². The highest BCUT2D eigenvalue weighted by molar-refractivity contribution is 6.31. The summed E-state index contributed by atoms with van der Waals surface area (Å²) in [5, 5.41) is 10.8. The van der Waals surface area contributed by atoms with Crippen LogP contribution in [-0.2, 0) is 4.74 Å². The molecule has 0 atom stereocenters. The Morgan fingerprint density at radius 2 is 2.12 bits per heavy atom. The van der Waals surface area contributed by atoms with Crippen LogP contribution < -0.4 is 10.2 Å². The number of carbonyl (C=O) groups excluding carboxylic acids is 1. The van der Waals surface area contributed by atoms with Gasteiger partial charge in [-0.15, -0.1) is 5.10 Å². The first-order chi connectivity index (χ1) is 12.6. The van der Waals surface area contributed by atoms with E-state index in [0.29, 0.717) is 44.3 Å². The molecule has 26 heavy (non-hydrogen) atoms. The fraction of sp³-hybridized carbons (Fsp3) is 0.375. The highest BCUT2D eigenvalue weighted by atomic mass is 35.5. The third-order valence-corrected chi connectivity index (χ3v) is 4.14. The number of carbonyl (C=O) groups is 1. The second kappa shape index (κ2) is 8.13. The summed E-state index contributed by atoms with van der Waals surface area (Å²) in [5.74, 6) is 0.418. The number of amides is 1. The number of halogens is 2. The van der Waals surface area contributed by atoms with E-state index in [1.165, 1.54) is 18.2 Å². The normalized spacial score (nSPS) is 14.3. The zero-order valence-electron chi connectivity index (χ0n) is 14.2. The fourth-order valence-electron chi connectivity index (χ4n) is 2.54. The van der Waals surface area contributed by atoms with Gasteiger partial charge in [-0.25, -0.2) is 9.18 Å². The smallest absolute Gasteiger partial charge is 0.409 e. The Morgan fingerprint density at radius 3 is 2.81 bits per heavy atom. The number of hydrogen-bond donors (Lipinski definition) is 1. The average molecular weight is 381 g/mol. The number of aromatic nitrogens is 3. The number of piperazine rings is 1. The summed E-state index contributed by atoms with van der Waals surface area (Å²) in [6, 6.07) is 4.25. The molecule has 1 aliphatic heterocycles. The molecule has 0 unspecified atom stereocenters. The molecule has 1 fully saturated rings. The maximum atomic E-state index is 13.2. The van der Waals surface area contributed by atoms with Crippen molar-refractivity contribution < 1.29 is 13.9 Å². The lowest BCUT2D eigenvalue weighted by Crippen LogP contribution is -2.49. The van der Waals surface area contributed by atoms with Crippen LogP contribution in [0.3, 0.4) is 0 Å². The third kappa shape index (κ3) is 4.29. The van der Waals surface area contributed by atoms with Crippen LogP contribution in [0.4, 0.5) is 26.6 Å². The minimum absolute atomic E-state index is 0.00852. The number of nitrogens with one attached hydrogen (secondary N) is 1. The quantitative estimate of drug-likeness (QED) is 0.872. The van der Waals surface area contributed by atoms with E-state index in [1.54, 1.807) is 18.0 Å². The molecular weight excluding hydrogens is 363 g/mol. The van der Waals surface area contributed by atoms with Gasteiger partial charge in [0, 0.05) is 31.9 Å². The van der Waals surface area contributed by atoms with Crippen molar-refractivity contribution in [3.8, 4) is 0 Å². The van der Waals surface area contributed by atoms with Crippen LogP contribution in [-0.4, -0.2) is 59.0 Å². The molecule has 1 amide bonds. The summed E-state index contributed by atoms with van der Waals surface area (Å²) in [6.45, 7) is 4.44. The minimum atomic E-state index is -0.496. The Hall–Kier alpha value is -2.68. The summed E-state index contributed by atoms with van der Waals surface area (Å²) < 4.78 is 18.2. The number of benzene rings is 1. The van der Waals surface area contributed by atoms with E-state index in [4.69, 9.17) is 16.3 Å². The molecule has 0 spiro atoms. The van der Waals surface area contributed by atoms with Gasteiger partial charge in [0.25, 0.3) is 0 Å². The molecular formula is C16H18ClFN6O2. The predicted octanol–water partition coefficient (Wildman–Crippen LogP) is 2.69. The van der Waals surface area contributed by atoms with Gasteiger partial charge in [0.05, 0.1) is 17.8 Å². The molecule has 2 aromatic rings. The van der Waals surface area contributed by atoms with Gasteiger partial charge >= 0.3 is 6.09 Å². The van der Waals surface area contributed by atoms with Crippen molar-refractivity contribution in [1.82, 2.24) is 20.1 Å². The predicted molar refractivity (Wildman–Crippen MR) is 95.3 cm³/mol. The van der Waals surface area contributed by atoms with Crippen molar-refractivity contribution in [2.75, 3.05) is 43.0 Å². The third-order valence-electron chi connectivity index (χ3n) is 3.85. The molecule has 1 saturated heterocycles. The van der Waals surface area contributed by atoms with E-state index in [2.05, 4.69) is 20.5 Å². The average Bonchev–Trinajstić information content (AvgIpc) is 2.65. The number of anilines is 3. The second-order valence-electron chi connectivity index (χ2n) is 5.57. The lowest BCUT2D eigenvalue weighted by molar-refractivity contribution is 0.105. The summed E-state index contributed by atoms with van der Waals surface area (Å²) in [4.78, 5) is 19.8. The Morgan fingerprint density at radius 1 is 1.35 bits per heavy atom. The van der Waals surface area contributed by atoms with Crippen LogP contribution in [0.25, 0.3) is 0 Å². The zero-order valence-corrected chi connectivity index (χ0v) is 14.9. The van der Waals surface area contributed by atoms with Crippen LogP contribution >= 0.6 is 11.6 Å². The topological polar surface area (TPSA) is 83.5 Å². The molecule has 1 aromatic carbocycles. The Bertz CT molecular complexity index is 785. The van der Waals surface area contributed by atoms with Gasteiger partial charge < -0.3 is 19.9 Å². The summed E-state index contributed by atoms with van der Waals surface area (Å²) in [6.07, 6.45) is 1.26. The van der Waals surface area contributed by atoms with Crippen molar-refractivity contribution in [2.24, 2.45) is 0 Å². The van der Waals surface area contributed by atoms with E-state index in [9.17, 15) is 9.18 Å². The number of rotatable bonds is 4. The fourth-order valence-corrected chi connectivity index (χ4v) is 2.72. The maximum absolute atomic E-state index is 13.2. The van der Waals surface area contributed by atoms with Gasteiger partial charge in [0.15, 0.2) is 5.82 Å². The highest BCUT2D eigenvalue weighted by Crippen LogP contribution is 2.22. The van der Waals surface area contributed by atoms with E-state index >= 15 is 0 Å². The minimum Gasteiger partial charge on any atom is -0.450 e. The molecule has 0 radical (unpaired) electrons. The van der Waals surface area contributed by atoms with Gasteiger partial charge in [0.2, 0.25) is 5.95 Å². The van der Waals surface area contributed by atoms with Gasteiger partial charge in [-0.2, -0.15) is 10.1 Å². The lowest BCUT2D eigenvalue weighted by atomic mass is 10.3. The molecule has 1 aliphatic rings. The van der Waals surface area contributed by atoms with Crippen molar-refractivity contribution >= 4 is 35.1 Å².